The molecule has 4 aromatic rings. The summed E-state index contributed by atoms with van der Waals surface area (Å²) in [6.07, 6.45) is 2.75. The van der Waals surface area contributed by atoms with Gasteiger partial charge in [0.25, 0.3) is 5.56 Å². The van der Waals surface area contributed by atoms with Crippen LogP contribution in [0.15, 0.2) is 80.1 Å². The number of thiazole rings is 1. The largest absolute Gasteiger partial charge is 0.496 e. The van der Waals surface area contributed by atoms with Crippen molar-refractivity contribution >= 4 is 29.1 Å². The van der Waals surface area contributed by atoms with Gasteiger partial charge in [0, 0.05) is 23.3 Å². The highest BCUT2D eigenvalue weighted by Crippen LogP contribution is 2.37. The van der Waals surface area contributed by atoms with Crippen molar-refractivity contribution in [3.63, 3.8) is 0 Å². The molecule has 0 fully saturated rings. The summed E-state index contributed by atoms with van der Waals surface area (Å²) in [4.78, 5) is 42.8. The highest BCUT2D eigenvalue weighted by Gasteiger charge is 2.35. The Labute approximate surface area is 242 Å². The third kappa shape index (κ3) is 5.28. The van der Waals surface area contributed by atoms with Crippen LogP contribution in [0.3, 0.4) is 0 Å². The molecule has 0 aliphatic carbocycles. The second kappa shape index (κ2) is 12.0. The van der Waals surface area contributed by atoms with Crippen LogP contribution < -0.4 is 19.6 Å². The van der Waals surface area contributed by atoms with Crippen molar-refractivity contribution in [1.29, 1.82) is 0 Å². The number of nitrogens with zero attached hydrogens (tertiary/aromatic N) is 3. The fraction of sp³-hybridized carbons (Fsp3) is 0.233. The SMILES string of the molecule is CCCC1=C(C(=O)OCC)[C@@H](c2ccccc2OC)n2c(s/c(=C\c3ccc(-c4ccc(F)c([N+](=O)[O-])c4)o3)c2=O)=N1. The molecular formula is C30H26FN3O7S. The molecule has 1 atom stereocenters. The number of nitro benzene ring substituents is 1. The van der Waals surface area contributed by atoms with Crippen molar-refractivity contribution in [3.05, 3.63) is 113 Å². The van der Waals surface area contributed by atoms with Gasteiger partial charge in [0.05, 0.1) is 34.4 Å². The fourth-order valence-corrected chi connectivity index (χ4v) is 5.83. The number of furan rings is 1. The van der Waals surface area contributed by atoms with Crippen LogP contribution in [0.5, 0.6) is 5.75 Å². The zero-order valence-electron chi connectivity index (χ0n) is 23.0. The summed E-state index contributed by atoms with van der Waals surface area (Å²) < 4.78 is 32.5. The average Bonchev–Trinajstić information content (AvgIpc) is 3.57. The first-order valence-electron chi connectivity index (χ1n) is 13.2. The minimum atomic E-state index is -0.953. The summed E-state index contributed by atoms with van der Waals surface area (Å²) in [6, 6.07) is 13.0. The van der Waals surface area contributed by atoms with Gasteiger partial charge in [0.2, 0.25) is 5.82 Å². The maximum Gasteiger partial charge on any atom is 0.338 e. The van der Waals surface area contributed by atoms with E-state index in [0.717, 1.165) is 23.5 Å². The topological polar surface area (TPSA) is 126 Å². The van der Waals surface area contributed by atoms with Crippen molar-refractivity contribution in [2.75, 3.05) is 13.7 Å². The van der Waals surface area contributed by atoms with E-state index in [1.807, 2.05) is 6.92 Å². The lowest BCUT2D eigenvalue weighted by Crippen LogP contribution is -2.40. The van der Waals surface area contributed by atoms with E-state index in [0.29, 0.717) is 50.5 Å². The Balaban J connectivity index is 1.67. The first-order valence-corrected chi connectivity index (χ1v) is 14.0. The van der Waals surface area contributed by atoms with Crippen LogP contribution in [-0.2, 0) is 9.53 Å². The van der Waals surface area contributed by atoms with E-state index in [-0.39, 0.29) is 17.9 Å². The number of hydrogen-bond acceptors (Lipinski definition) is 9. The van der Waals surface area contributed by atoms with E-state index < -0.39 is 34.0 Å². The van der Waals surface area contributed by atoms with Gasteiger partial charge < -0.3 is 13.9 Å². The summed E-state index contributed by atoms with van der Waals surface area (Å²) in [5, 5.41) is 11.2. The van der Waals surface area contributed by atoms with Crippen molar-refractivity contribution in [2.24, 2.45) is 4.99 Å². The normalized spacial score (nSPS) is 14.9. The van der Waals surface area contributed by atoms with Gasteiger partial charge in [0.15, 0.2) is 4.80 Å². The lowest BCUT2D eigenvalue weighted by atomic mass is 9.93. The van der Waals surface area contributed by atoms with Crippen LogP contribution in [0.25, 0.3) is 17.4 Å². The first kappa shape index (κ1) is 28.7. The van der Waals surface area contributed by atoms with Gasteiger partial charge in [-0.1, -0.05) is 42.9 Å². The molecule has 0 unspecified atom stereocenters. The average molecular weight is 592 g/mol. The van der Waals surface area contributed by atoms with Crippen LogP contribution in [0.2, 0.25) is 0 Å². The number of benzene rings is 2. The highest BCUT2D eigenvalue weighted by atomic mass is 32.1. The minimum Gasteiger partial charge on any atom is -0.496 e. The lowest BCUT2D eigenvalue weighted by molar-refractivity contribution is -0.387. The number of fused-ring (bicyclic) bond motifs is 1. The Hall–Kier alpha value is -4.84. The molecular weight excluding hydrogens is 565 g/mol. The fourth-order valence-electron chi connectivity index (χ4n) is 4.83. The Morgan fingerprint density at radius 2 is 2.00 bits per heavy atom. The Bertz CT molecular complexity index is 1900. The molecule has 42 heavy (non-hydrogen) atoms. The molecule has 0 bridgehead atoms. The molecule has 0 saturated heterocycles. The molecule has 0 spiro atoms. The van der Waals surface area contributed by atoms with Crippen molar-refractivity contribution in [1.82, 2.24) is 4.57 Å². The Kier molecular flexibility index (Phi) is 8.16. The lowest BCUT2D eigenvalue weighted by Gasteiger charge is -2.26. The minimum absolute atomic E-state index is 0.156. The third-order valence-electron chi connectivity index (χ3n) is 6.65. The van der Waals surface area contributed by atoms with Crippen LogP contribution in [0, 0.1) is 15.9 Å². The number of carbonyl (C=O) groups excluding carboxylic acids is 1. The van der Waals surface area contributed by atoms with E-state index in [2.05, 4.69) is 0 Å². The Morgan fingerprint density at radius 1 is 1.21 bits per heavy atom. The summed E-state index contributed by atoms with van der Waals surface area (Å²) in [7, 11) is 1.52. The van der Waals surface area contributed by atoms with Gasteiger partial charge in [-0.25, -0.2) is 9.79 Å². The van der Waals surface area contributed by atoms with Crippen LogP contribution in [0.1, 0.15) is 44.1 Å². The molecule has 216 valence electrons. The molecule has 2 aromatic carbocycles. The van der Waals surface area contributed by atoms with Gasteiger partial charge in [0.1, 0.15) is 23.3 Å². The maximum atomic E-state index is 13.9. The number of carbonyl (C=O) groups is 1. The van der Waals surface area contributed by atoms with E-state index in [1.54, 1.807) is 43.3 Å². The van der Waals surface area contributed by atoms with Crippen molar-refractivity contribution < 1.29 is 28.0 Å². The van der Waals surface area contributed by atoms with Crippen molar-refractivity contribution in [2.45, 2.75) is 32.7 Å². The monoisotopic (exact) mass is 591 g/mol. The van der Waals surface area contributed by atoms with Crippen LogP contribution in [-0.4, -0.2) is 29.2 Å². The molecule has 5 rings (SSSR count). The number of rotatable bonds is 9. The van der Waals surface area contributed by atoms with Gasteiger partial charge in [-0.3, -0.25) is 19.5 Å². The molecule has 0 saturated carbocycles. The molecule has 1 aliphatic heterocycles. The van der Waals surface area contributed by atoms with Crippen LogP contribution >= 0.6 is 11.3 Å². The number of methoxy groups -OCH3 is 1. The molecule has 2 aromatic heterocycles. The zero-order chi connectivity index (χ0) is 30.0. The Morgan fingerprint density at radius 3 is 2.71 bits per heavy atom. The van der Waals surface area contributed by atoms with Gasteiger partial charge in [-0.05, 0) is 43.7 Å². The predicted octanol–water partition coefficient (Wildman–Crippen LogP) is 4.89. The highest BCUT2D eigenvalue weighted by molar-refractivity contribution is 7.07. The maximum absolute atomic E-state index is 13.9. The number of ether oxygens (including phenoxy) is 2. The van der Waals surface area contributed by atoms with E-state index >= 15 is 0 Å². The van der Waals surface area contributed by atoms with Gasteiger partial charge in [-0.2, -0.15) is 4.39 Å². The van der Waals surface area contributed by atoms with Gasteiger partial charge >= 0.3 is 11.7 Å². The summed E-state index contributed by atoms with van der Waals surface area (Å²) in [5.41, 5.74) is 0.664. The molecule has 0 radical (unpaired) electrons. The molecule has 10 nitrogen and oxygen atoms in total. The number of para-hydroxylation sites is 1. The second-order valence-electron chi connectivity index (χ2n) is 9.28. The number of aromatic nitrogens is 1. The summed E-state index contributed by atoms with van der Waals surface area (Å²) >= 11 is 1.14. The molecule has 12 heteroatoms. The predicted molar refractivity (Wildman–Crippen MR) is 153 cm³/mol. The second-order valence-corrected chi connectivity index (χ2v) is 10.3. The number of hydrogen-bond donors (Lipinski definition) is 0. The number of allylic oxidation sites excluding steroid dienone is 1. The first-order chi connectivity index (χ1) is 20.3. The van der Waals surface area contributed by atoms with E-state index in [4.69, 9.17) is 18.9 Å². The summed E-state index contributed by atoms with van der Waals surface area (Å²) in [5.74, 6) is -0.446. The third-order valence-corrected chi connectivity index (χ3v) is 7.64. The van der Waals surface area contributed by atoms with Crippen LogP contribution in [0.4, 0.5) is 10.1 Å². The number of nitro groups is 1. The molecule has 0 amide bonds. The van der Waals surface area contributed by atoms with Gasteiger partial charge in [-0.15, -0.1) is 0 Å². The zero-order valence-corrected chi connectivity index (χ0v) is 23.8. The van der Waals surface area contributed by atoms with E-state index in [9.17, 15) is 24.1 Å². The quantitative estimate of drug-likeness (QED) is 0.154. The smallest absolute Gasteiger partial charge is 0.338 e. The molecule has 3 heterocycles. The number of halogens is 1. The molecule has 0 N–H and O–H groups in total. The molecule has 1 aliphatic rings. The number of esters is 1. The van der Waals surface area contributed by atoms with E-state index in [1.165, 1.54) is 23.8 Å². The summed E-state index contributed by atoms with van der Waals surface area (Å²) in [6.45, 7) is 3.85. The standard InChI is InChI=1S/C30H26FN3O7S/c1-4-8-21-26(29(36)40-5-2)27(19-9-6-7-10-24(19)39-3)33-28(35)25(42-30(33)32-21)16-18-12-14-23(41-18)17-11-13-20(31)22(15-17)34(37)38/h6-7,9-16,27H,4-5,8H2,1-3H3/b25-16-/t27-/m1/s1. The van der Waals surface area contributed by atoms with Crippen molar-refractivity contribution in [3.8, 4) is 17.1 Å².